The minimum Gasteiger partial charge on any atom is -0.228 e. The van der Waals surface area contributed by atoms with Crippen molar-refractivity contribution in [2.24, 2.45) is 0 Å². The summed E-state index contributed by atoms with van der Waals surface area (Å²) in [6, 6.07) is 60.9. The van der Waals surface area contributed by atoms with Gasteiger partial charge in [-0.1, -0.05) is 151 Å². The van der Waals surface area contributed by atoms with Crippen molar-refractivity contribution in [2.45, 2.75) is 0 Å². The van der Waals surface area contributed by atoms with Gasteiger partial charge >= 0.3 is 0 Å². The summed E-state index contributed by atoms with van der Waals surface area (Å²) in [5.74, 6) is 0.711. The zero-order valence-corrected chi connectivity index (χ0v) is 26.5. The second-order valence-electron chi connectivity index (χ2n) is 12.0. The first kappa shape index (κ1) is 28.5. The lowest BCUT2D eigenvalue weighted by atomic mass is 9.91. The maximum absolute atomic E-state index is 5.03. The Morgan fingerprint density at radius 3 is 1.59 bits per heavy atom. The highest BCUT2D eigenvalue weighted by Crippen LogP contribution is 2.38. The molecular formula is C44H29N5. The average molecular weight is 628 g/mol. The molecule has 5 heteroatoms. The van der Waals surface area contributed by atoms with Gasteiger partial charge in [0, 0.05) is 16.7 Å². The minimum atomic E-state index is 0.711. The van der Waals surface area contributed by atoms with Gasteiger partial charge in [-0.25, -0.2) is 14.6 Å². The lowest BCUT2D eigenvalue weighted by molar-refractivity contribution is 0.824. The highest BCUT2D eigenvalue weighted by atomic mass is 15.4. The van der Waals surface area contributed by atoms with Crippen molar-refractivity contribution >= 4 is 21.8 Å². The Hall–Kier alpha value is -6.72. The first-order valence-corrected chi connectivity index (χ1v) is 16.3. The van der Waals surface area contributed by atoms with Crippen molar-refractivity contribution < 1.29 is 0 Å². The molecule has 0 radical (unpaired) electrons. The van der Waals surface area contributed by atoms with Gasteiger partial charge in [0.1, 0.15) is 5.52 Å². The summed E-state index contributed by atoms with van der Waals surface area (Å²) < 4.78 is 1.89. The molecule has 0 N–H and O–H groups in total. The third-order valence-corrected chi connectivity index (χ3v) is 9.00. The van der Waals surface area contributed by atoms with Gasteiger partial charge in [0.25, 0.3) is 0 Å². The van der Waals surface area contributed by atoms with E-state index in [1.54, 1.807) is 0 Å². The van der Waals surface area contributed by atoms with E-state index in [0.717, 1.165) is 55.9 Å². The third-order valence-electron chi connectivity index (χ3n) is 9.00. The Balaban J connectivity index is 1.10. The molecule has 2 aromatic heterocycles. The SMILES string of the molecule is c1ccc(-c2cc(-c3ccc(-c4cccc5cccc(-c6ccc(-n7nnc8ccccc87)cc6)c45)cc3)nc(-c3ccccc3)n2)cc1. The molecule has 5 nitrogen and oxygen atoms in total. The van der Waals surface area contributed by atoms with Crippen LogP contribution in [0.4, 0.5) is 0 Å². The Kier molecular flexibility index (Phi) is 7.06. The van der Waals surface area contributed by atoms with Crippen LogP contribution in [0.1, 0.15) is 0 Å². The van der Waals surface area contributed by atoms with E-state index in [9.17, 15) is 0 Å². The van der Waals surface area contributed by atoms with Crippen LogP contribution in [0.25, 0.3) is 83.6 Å². The highest BCUT2D eigenvalue weighted by molar-refractivity contribution is 6.06. The van der Waals surface area contributed by atoms with E-state index >= 15 is 0 Å². The smallest absolute Gasteiger partial charge is 0.160 e. The summed E-state index contributed by atoms with van der Waals surface area (Å²) in [6.45, 7) is 0. The normalized spacial score (nSPS) is 11.3. The van der Waals surface area contributed by atoms with Crippen LogP contribution in [-0.4, -0.2) is 25.0 Å². The Morgan fingerprint density at radius 2 is 0.939 bits per heavy atom. The molecule has 0 saturated heterocycles. The number of rotatable bonds is 6. The maximum Gasteiger partial charge on any atom is 0.160 e. The summed E-state index contributed by atoms with van der Waals surface area (Å²) >= 11 is 0. The molecular weight excluding hydrogens is 599 g/mol. The van der Waals surface area contributed by atoms with Crippen LogP contribution < -0.4 is 0 Å². The molecule has 0 atom stereocenters. The second kappa shape index (κ2) is 12.1. The van der Waals surface area contributed by atoms with Crippen LogP contribution in [-0.2, 0) is 0 Å². The molecule has 9 aromatic rings. The number of para-hydroxylation sites is 1. The number of fused-ring (bicyclic) bond motifs is 2. The molecule has 0 bridgehead atoms. The molecule has 0 amide bonds. The third kappa shape index (κ3) is 5.33. The highest BCUT2D eigenvalue weighted by Gasteiger charge is 2.14. The van der Waals surface area contributed by atoms with Gasteiger partial charge in [-0.15, -0.1) is 5.10 Å². The summed E-state index contributed by atoms with van der Waals surface area (Å²) in [6.07, 6.45) is 0. The van der Waals surface area contributed by atoms with Crippen LogP contribution in [0.2, 0.25) is 0 Å². The topological polar surface area (TPSA) is 56.5 Å². The standard InChI is InChI=1S/C44H29N5/c1-3-11-32(12-4-1)40-29-41(46-44(45-40)35-13-5-2-6-14-35)33-23-21-30(22-24-33)37-17-9-15-34-16-10-18-38(43(34)37)31-25-27-36(28-26-31)49-42-20-8-7-19-39(42)47-48-49/h1-29H. The number of benzene rings is 7. The first-order valence-electron chi connectivity index (χ1n) is 16.3. The molecule has 0 saturated carbocycles. The van der Waals surface area contributed by atoms with Crippen molar-refractivity contribution in [3.63, 3.8) is 0 Å². The number of hydrogen-bond acceptors (Lipinski definition) is 4. The van der Waals surface area contributed by atoms with E-state index in [4.69, 9.17) is 9.97 Å². The maximum atomic E-state index is 5.03. The van der Waals surface area contributed by atoms with Gasteiger partial charge in [0.05, 0.1) is 22.6 Å². The van der Waals surface area contributed by atoms with E-state index in [-0.39, 0.29) is 0 Å². The van der Waals surface area contributed by atoms with E-state index in [1.165, 1.54) is 21.9 Å². The summed E-state index contributed by atoms with van der Waals surface area (Å²) in [5, 5.41) is 11.1. The molecule has 0 aliphatic heterocycles. The van der Waals surface area contributed by atoms with E-state index in [1.807, 2.05) is 65.3 Å². The van der Waals surface area contributed by atoms with Gasteiger partial charge < -0.3 is 0 Å². The average Bonchev–Trinajstić information content (AvgIpc) is 3.62. The fraction of sp³-hybridized carbons (Fsp3) is 0. The van der Waals surface area contributed by atoms with Gasteiger partial charge in [0.2, 0.25) is 0 Å². The summed E-state index contributed by atoms with van der Waals surface area (Å²) in [5.41, 5.74) is 12.4. The van der Waals surface area contributed by atoms with Crippen LogP contribution in [0.5, 0.6) is 0 Å². The lowest BCUT2D eigenvalue weighted by Crippen LogP contribution is -1.96. The van der Waals surface area contributed by atoms with Gasteiger partial charge in [-0.3, -0.25) is 0 Å². The molecule has 0 spiro atoms. The van der Waals surface area contributed by atoms with Crippen molar-refractivity contribution in [3.05, 3.63) is 176 Å². The number of hydrogen-bond donors (Lipinski definition) is 0. The molecule has 2 heterocycles. The number of aromatic nitrogens is 5. The first-order chi connectivity index (χ1) is 24.3. The predicted octanol–water partition coefficient (Wildman–Crippen LogP) is 10.7. The predicted molar refractivity (Wildman–Crippen MR) is 199 cm³/mol. The Labute approximate surface area is 283 Å². The molecule has 9 rings (SSSR count). The Morgan fingerprint density at radius 1 is 0.408 bits per heavy atom. The minimum absolute atomic E-state index is 0.711. The molecule has 230 valence electrons. The van der Waals surface area contributed by atoms with E-state index in [0.29, 0.717) is 5.82 Å². The monoisotopic (exact) mass is 627 g/mol. The van der Waals surface area contributed by atoms with Crippen molar-refractivity contribution in [3.8, 4) is 61.8 Å². The van der Waals surface area contributed by atoms with Crippen molar-refractivity contribution in [2.75, 3.05) is 0 Å². The summed E-state index contributed by atoms with van der Waals surface area (Å²) in [7, 11) is 0. The van der Waals surface area contributed by atoms with Crippen LogP contribution >= 0.6 is 0 Å². The molecule has 0 fully saturated rings. The molecule has 7 aromatic carbocycles. The molecule has 49 heavy (non-hydrogen) atoms. The number of nitrogens with zero attached hydrogens (tertiary/aromatic N) is 5. The quantitative estimate of drug-likeness (QED) is 0.184. The van der Waals surface area contributed by atoms with Crippen LogP contribution in [0, 0.1) is 0 Å². The van der Waals surface area contributed by atoms with E-state index < -0.39 is 0 Å². The fourth-order valence-corrected chi connectivity index (χ4v) is 6.55. The molecule has 0 aliphatic rings. The van der Waals surface area contributed by atoms with Crippen molar-refractivity contribution in [1.29, 1.82) is 0 Å². The van der Waals surface area contributed by atoms with Crippen LogP contribution in [0.3, 0.4) is 0 Å². The summed E-state index contributed by atoms with van der Waals surface area (Å²) in [4.78, 5) is 9.98. The zero-order valence-electron chi connectivity index (χ0n) is 26.5. The van der Waals surface area contributed by atoms with Crippen molar-refractivity contribution in [1.82, 2.24) is 25.0 Å². The molecule has 0 unspecified atom stereocenters. The van der Waals surface area contributed by atoms with E-state index in [2.05, 4.69) is 126 Å². The zero-order chi connectivity index (χ0) is 32.6. The Bertz CT molecular complexity index is 2510. The fourth-order valence-electron chi connectivity index (χ4n) is 6.55. The second-order valence-corrected chi connectivity index (χ2v) is 12.0. The van der Waals surface area contributed by atoms with Gasteiger partial charge in [-0.05, 0) is 63.4 Å². The molecule has 0 aliphatic carbocycles. The van der Waals surface area contributed by atoms with Crippen LogP contribution in [0.15, 0.2) is 176 Å². The largest absolute Gasteiger partial charge is 0.228 e. The lowest BCUT2D eigenvalue weighted by Gasteiger charge is -2.14. The van der Waals surface area contributed by atoms with Gasteiger partial charge in [-0.2, -0.15) is 0 Å². The van der Waals surface area contributed by atoms with Gasteiger partial charge in [0.15, 0.2) is 5.82 Å².